The van der Waals surface area contributed by atoms with Crippen LogP contribution in [-0.4, -0.2) is 33.8 Å². The highest BCUT2D eigenvalue weighted by molar-refractivity contribution is 8.15. The Bertz CT molecular complexity index is 986. The lowest BCUT2D eigenvalue weighted by molar-refractivity contribution is -0.139. The van der Waals surface area contributed by atoms with Crippen molar-refractivity contribution in [1.29, 1.82) is 0 Å². The SMILES string of the molecule is CCOC(=O)C1=C(c2ccccc2)N=C2S[C@H](CC)C(=O)N2[C@H]1c1ccccc1. The van der Waals surface area contributed by atoms with E-state index >= 15 is 0 Å². The van der Waals surface area contributed by atoms with E-state index in [-0.39, 0.29) is 17.8 Å². The Kier molecular flexibility index (Phi) is 5.53. The number of benzene rings is 2. The van der Waals surface area contributed by atoms with Crippen molar-refractivity contribution >= 4 is 34.5 Å². The van der Waals surface area contributed by atoms with E-state index in [4.69, 9.17) is 9.73 Å². The number of ether oxygens (including phenoxy) is 1. The number of hydrogen-bond donors (Lipinski definition) is 0. The van der Waals surface area contributed by atoms with Gasteiger partial charge in [0.1, 0.15) is 0 Å². The van der Waals surface area contributed by atoms with Gasteiger partial charge >= 0.3 is 5.97 Å². The molecule has 2 aliphatic heterocycles. The molecule has 1 fully saturated rings. The van der Waals surface area contributed by atoms with Crippen molar-refractivity contribution in [3.8, 4) is 0 Å². The molecule has 0 aliphatic carbocycles. The van der Waals surface area contributed by atoms with Crippen molar-refractivity contribution in [2.45, 2.75) is 31.6 Å². The molecule has 6 heteroatoms. The molecular formula is C23H22N2O3S. The minimum absolute atomic E-state index is 0.0148. The average molecular weight is 407 g/mol. The third kappa shape index (κ3) is 3.49. The van der Waals surface area contributed by atoms with Crippen LogP contribution in [0.1, 0.15) is 37.4 Å². The zero-order valence-corrected chi connectivity index (χ0v) is 17.2. The predicted octanol–water partition coefficient (Wildman–Crippen LogP) is 4.43. The predicted molar refractivity (Wildman–Crippen MR) is 115 cm³/mol. The highest BCUT2D eigenvalue weighted by Gasteiger charge is 2.47. The molecule has 148 valence electrons. The molecule has 2 aromatic carbocycles. The summed E-state index contributed by atoms with van der Waals surface area (Å²) in [5, 5.41) is 0.445. The second kappa shape index (κ2) is 8.25. The van der Waals surface area contributed by atoms with E-state index in [1.807, 2.05) is 67.6 Å². The van der Waals surface area contributed by atoms with E-state index in [0.29, 0.717) is 22.9 Å². The Balaban J connectivity index is 1.96. The molecule has 0 bridgehead atoms. The summed E-state index contributed by atoms with van der Waals surface area (Å²) < 4.78 is 5.41. The van der Waals surface area contributed by atoms with Crippen molar-refractivity contribution in [1.82, 2.24) is 4.90 Å². The number of aliphatic imine (C=N–C) groups is 1. The molecular weight excluding hydrogens is 384 g/mol. The molecule has 0 aromatic heterocycles. The molecule has 0 radical (unpaired) electrons. The fraction of sp³-hybridized carbons (Fsp3) is 0.261. The molecule has 2 aromatic rings. The number of nitrogens with zero attached hydrogens (tertiary/aromatic N) is 2. The Morgan fingerprint density at radius 3 is 2.34 bits per heavy atom. The molecule has 29 heavy (non-hydrogen) atoms. The smallest absolute Gasteiger partial charge is 0.338 e. The highest BCUT2D eigenvalue weighted by atomic mass is 32.2. The van der Waals surface area contributed by atoms with Gasteiger partial charge < -0.3 is 4.74 Å². The number of amidine groups is 1. The largest absolute Gasteiger partial charge is 0.463 e. The van der Waals surface area contributed by atoms with Crippen molar-refractivity contribution < 1.29 is 14.3 Å². The molecule has 1 saturated heterocycles. The second-order valence-electron chi connectivity index (χ2n) is 6.78. The summed E-state index contributed by atoms with van der Waals surface area (Å²) >= 11 is 1.47. The van der Waals surface area contributed by atoms with Gasteiger partial charge in [-0.3, -0.25) is 9.69 Å². The number of fused-ring (bicyclic) bond motifs is 1. The number of carbonyl (C=O) groups is 2. The molecule has 0 unspecified atom stereocenters. The lowest BCUT2D eigenvalue weighted by Gasteiger charge is -2.33. The number of rotatable bonds is 5. The first-order valence-electron chi connectivity index (χ1n) is 9.75. The number of carbonyl (C=O) groups excluding carboxylic acids is 2. The summed E-state index contributed by atoms with van der Waals surface area (Å²) in [4.78, 5) is 32.8. The van der Waals surface area contributed by atoms with Crippen LogP contribution in [0.15, 0.2) is 71.2 Å². The maximum Gasteiger partial charge on any atom is 0.338 e. The fourth-order valence-corrected chi connectivity index (χ4v) is 4.75. The van der Waals surface area contributed by atoms with E-state index in [0.717, 1.165) is 11.1 Å². The first-order valence-corrected chi connectivity index (χ1v) is 10.6. The maximum absolute atomic E-state index is 13.2. The summed E-state index contributed by atoms with van der Waals surface area (Å²) in [6.45, 7) is 4.02. The van der Waals surface area contributed by atoms with Crippen LogP contribution in [0.3, 0.4) is 0 Å². The number of hydrogen-bond acceptors (Lipinski definition) is 5. The van der Waals surface area contributed by atoms with Crippen molar-refractivity contribution in [3.05, 3.63) is 77.4 Å². The van der Waals surface area contributed by atoms with Gasteiger partial charge in [-0.15, -0.1) is 0 Å². The van der Waals surface area contributed by atoms with Crippen LogP contribution in [0.5, 0.6) is 0 Å². The normalized spacial score (nSPS) is 21.1. The summed E-state index contributed by atoms with van der Waals surface area (Å²) in [5.74, 6) is -0.459. The Hall–Kier alpha value is -2.86. The van der Waals surface area contributed by atoms with Crippen molar-refractivity contribution in [2.75, 3.05) is 6.61 Å². The zero-order valence-electron chi connectivity index (χ0n) is 16.4. The van der Waals surface area contributed by atoms with Gasteiger partial charge in [-0.2, -0.15) is 0 Å². The minimum atomic E-state index is -0.561. The average Bonchev–Trinajstić information content (AvgIpc) is 3.09. The third-order valence-corrected chi connectivity index (χ3v) is 6.31. The first kappa shape index (κ1) is 19.5. The van der Waals surface area contributed by atoms with Crippen LogP contribution >= 0.6 is 11.8 Å². The summed E-state index contributed by atoms with van der Waals surface area (Å²) in [7, 11) is 0. The van der Waals surface area contributed by atoms with E-state index in [1.165, 1.54) is 11.8 Å². The van der Waals surface area contributed by atoms with E-state index in [2.05, 4.69) is 0 Å². The van der Waals surface area contributed by atoms with Crippen LogP contribution in [-0.2, 0) is 14.3 Å². The van der Waals surface area contributed by atoms with Gasteiger partial charge in [-0.1, -0.05) is 79.3 Å². The Morgan fingerprint density at radius 2 is 1.72 bits per heavy atom. The summed E-state index contributed by atoms with van der Waals surface area (Å²) in [5.41, 5.74) is 2.67. The fourth-order valence-electron chi connectivity index (χ4n) is 3.66. The van der Waals surface area contributed by atoms with Gasteiger partial charge in [-0.25, -0.2) is 9.79 Å². The monoisotopic (exact) mass is 406 g/mol. The molecule has 2 atom stereocenters. The molecule has 5 nitrogen and oxygen atoms in total. The highest BCUT2D eigenvalue weighted by Crippen LogP contribution is 2.46. The number of amides is 1. The van der Waals surface area contributed by atoms with Gasteiger partial charge in [0.25, 0.3) is 0 Å². The molecule has 2 aliphatic rings. The standard InChI is InChI=1S/C23H22N2O3S/c1-3-17-21(26)25-20(16-13-9-6-10-14-16)18(22(27)28-4-2)19(24-23(25)29-17)15-11-7-5-8-12-15/h5-14,17,20H,3-4H2,1-2H3/t17-,20+/m1/s1. The third-order valence-electron chi connectivity index (χ3n) is 4.99. The quantitative estimate of drug-likeness (QED) is 0.690. The first-order chi connectivity index (χ1) is 14.2. The Labute approximate surface area is 174 Å². The van der Waals surface area contributed by atoms with Crippen LogP contribution < -0.4 is 0 Å². The maximum atomic E-state index is 13.2. The lowest BCUT2D eigenvalue weighted by Crippen LogP contribution is -2.40. The molecule has 4 rings (SSSR count). The topological polar surface area (TPSA) is 59.0 Å². The van der Waals surface area contributed by atoms with Gasteiger partial charge in [0.05, 0.1) is 29.2 Å². The zero-order chi connectivity index (χ0) is 20.4. The number of thioether (sulfide) groups is 1. The van der Waals surface area contributed by atoms with Gasteiger partial charge in [0.15, 0.2) is 5.17 Å². The van der Waals surface area contributed by atoms with E-state index in [1.54, 1.807) is 11.8 Å². The van der Waals surface area contributed by atoms with E-state index in [9.17, 15) is 9.59 Å². The van der Waals surface area contributed by atoms with Crippen molar-refractivity contribution in [3.63, 3.8) is 0 Å². The van der Waals surface area contributed by atoms with Crippen LogP contribution in [0.2, 0.25) is 0 Å². The number of esters is 1. The van der Waals surface area contributed by atoms with Crippen LogP contribution in [0.25, 0.3) is 5.70 Å². The second-order valence-corrected chi connectivity index (χ2v) is 7.95. The molecule has 1 amide bonds. The lowest BCUT2D eigenvalue weighted by atomic mass is 9.92. The van der Waals surface area contributed by atoms with Gasteiger partial charge in [-0.05, 0) is 18.9 Å². The molecule has 0 saturated carbocycles. The van der Waals surface area contributed by atoms with Crippen LogP contribution in [0, 0.1) is 0 Å². The van der Waals surface area contributed by atoms with E-state index < -0.39 is 12.0 Å². The minimum Gasteiger partial charge on any atom is -0.463 e. The van der Waals surface area contributed by atoms with Crippen molar-refractivity contribution in [2.24, 2.45) is 4.99 Å². The molecule has 0 N–H and O–H groups in total. The van der Waals surface area contributed by atoms with Crippen LogP contribution in [0.4, 0.5) is 0 Å². The van der Waals surface area contributed by atoms with Gasteiger partial charge in [0.2, 0.25) is 5.91 Å². The summed E-state index contributed by atoms with van der Waals surface area (Å²) in [6, 6.07) is 18.7. The Morgan fingerprint density at radius 1 is 1.07 bits per heavy atom. The molecule has 2 heterocycles. The van der Waals surface area contributed by atoms with Gasteiger partial charge in [0, 0.05) is 5.56 Å². The summed E-state index contributed by atoms with van der Waals surface area (Å²) in [6.07, 6.45) is 0.704. The molecule has 0 spiro atoms.